The molecule has 1 saturated heterocycles. The predicted octanol–water partition coefficient (Wildman–Crippen LogP) is 5.77. The van der Waals surface area contributed by atoms with Gasteiger partial charge in [0.05, 0.1) is 5.54 Å². The maximum absolute atomic E-state index is 15.5. The third-order valence-corrected chi connectivity index (χ3v) is 8.72. The molecule has 1 aromatic carbocycles. The maximum atomic E-state index is 15.5. The molecule has 3 rings (SSSR count). The molecule has 3 atom stereocenters. The van der Waals surface area contributed by atoms with E-state index in [0.717, 1.165) is 57.3 Å². The van der Waals surface area contributed by atoms with Crippen LogP contribution in [0.5, 0.6) is 0 Å². The first-order chi connectivity index (χ1) is 17.9. The molecule has 1 saturated carbocycles. The zero-order valence-electron chi connectivity index (χ0n) is 23.3. The molecule has 1 heterocycles. The zero-order chi connectivity index (χ0) is 26.7. The standard InChI is InChI=1S/C30H49F2N3O2/c1-4-28(36)34-30(17-8-9-19-37-3,26-15-10-16-27(31)29(26)32)24-14-11-18-35(22-24)25(21-33-2)20-23-12-6-5-7-13-23/h10,15-16,23-25,33H,4-9,11-14,17-22H2,1-3H3,(H,34,36)/t24?,25?,30-/m0/s1. The lowest BCUT2D eigenvalue weighted by Gasteiger charge is -2.49. The molecule has 1 aliphatic carbocycles. The number of rotatable bonds is 14. The summed E-state index contributed by atoms with van der Waals surface area (Å²) in [7, 11) is 3.69. The Labute approximate surface area is 223 Å². The van der Waals surface area contributed by atoms with Crippen LogP contribution in [0, 0.1) is 23.5 Å². The Hall–Kier alpha value is -1.57. The highest BCUT2D eigenvalue weighted by molar-refractivity contribution is 5.76. The number of likely N-dealkylation sites (tertiary alicyclic amines) is 1. The number of unbranched alkanes of at least 4 members (excludes halogenated alkanes) is 1. The van der Waals surface area contributed by atoms with E-state index in [1.165, 1.54) is 38.5 Å². The number of ether oxygens (including phenoxy) is 1. The molecule has 0 bridgehead atoms. The second-order valence-electron chi connectivity index (χ2n) is 11.2. The van der Waals surface area contributed by atoms with Gasteiger partial charge in [-0.15, -0.1) is 0 Å². The van der Waals surface area contributed by atoms with Gasteiger partial charge in [-0.2, -0.15) is 0 Å². The molecular weight excluding hydrogens is 472 g/mol. The van der Waals surface area contributed by atoms with Crippen molar-refractivity contribution in [3.63, 3.8) is 0 Å². The normalized spacial score (nSPS) is 21.9. The molecule has 1 aliphatic heterocycles. The van der Waals surface area contributed by atoms with Gasteiger partial charge in [-0.3, -0.25) is 9.69 Å². The van der Waals surface area contributed by atoms with Gasteiger partial charge in [0, 0.05) is 44.8 Å². The van der Waals surface area contributed by atoms with Gasteiger partial charge < -0.3 is 15.4 Å². The third-order valence-electron chi connectivity index (χ3n) is 8.72. The van der Waals surface area contributed by atoms with E-state index in [1.54, 1.807) is 19.2 Å². The van der Waals surface area contributed by atoms with Crippen molar-refractivity contribution < 1.29 is 18.3 Å². The van der Waals surface area contributed by atoms with Crippen molar-refractivity contribution in [2.45, 2.75) is 95.6 Å². The summed E-state index contributed by atoms with van der Waals surface area (Å²) < 4.78 is 35.3. The Morgan fingerprint density at radius 1 is 1.16 bits per heavy atom. The lowest BCUT2D eigenvalue weighted by molar-refractivity contribution is -0.124. The Balaban J connectivity index is 1.94. The van der Waals surface area contributed by atoms with Crippen LogP contribution in [0.1, 0.15) is 89.5 Å². The number of hydrogen-bond donors (Lipinski definition) is 2. The number of nitrogens with zero attached hydrogens (tertiary/aromatic N) is 1. The second kappa shape index (κ2) is 15.1. The van der Waals surface area contributed by atoms with Gasteiger partial charge in [0.2, 0.25) is 5.91 Å². The van der Waals surface area contributed by atoms with E-state index >= 15 is 4.39 Å². The lowest BCUT2D eigenvalue weighted by Crippen LogP contribution is -2.58. The quantitative estimate of drug-likeness (QED) is 0.305. The molecule has 0 aromatic heterocycles. The minimum Gasteiger partial charge on any atom is -0.385 e. The van der Waals surface area contributed by atoms with E-state index < -0.39 is 17.2 Å². The molecule has 2 unspecified atom stereocenters. The van der Waals surface area contributed by atoms with Crippen LogP contribution < -0.4 is 10.6 Å². The van der Waals surface area contributed by atoms with Crippen LogP contribution in [0.25, 0.3) is 0 Å². The smallest absolute Gasteiger partial charge is 0.220 e. The van der Waals surface area contributed by atoms with Crippen molar-refractivity contribution in [3.8, 4) is 0 Å². The summed E-state index contributed by atoms with van der Waals surface area (Å²) in [6, 6.07) is 4.82. The number of nitrogens with one attached hydrogen (secondary N) is 2. The topological polar surface area (TPSA) is 53.6 Å². The van der Waals surface area contributed by atoms with Crippen molar-refractivity contribution in [2.24, 2.45) is 11.8 Å². The molecule has 0 spiro atoms. The van der Waals surface area contributed by atoms with E-state index in [1.807, 2.05) is 14.0 Å². The molecule has 210 valence electrons. The fourth-order valence-electron chi connectivity index (χ4n) is 6.77. The molecule has 0 radical (unpaired) electrons. The highest BCUT2D eigenvalue weighted by Gasteiger charge is 2.45. The number of benzene rings is 1. The van der Waals surface area contributed by atoms with Gasteiger partial charge in [0.15, 0.2) is 11.6 Å². The van der Waals surface area contributed by atoms with Gasteiger partial charge in [0.1, 0.15) is 0 Å². The Bertz CT molecular complexity index is 833. The van der Waals surface area contributed by atoms with E-state index in [9.17, 15) is 9.18 Å². The monoisotopic (exact) mass is 521 g/mol. The van der Waals surface area contributed by atoms with Crippen molar-refractivity contribution in [1.29, 1.82) is 0 Å². The highest BCUT2D eigenvalue weighted by atomic mass is 19.2. The molecule has 37 heavy (non-hydrogen) atoms. The van der Waals surface area contributed by atoms with Gasteiger partial charge in [-0.25, -0.2) is 8.78 Å². The lowest BCUT2D eigenvalue weighted by atomic mass is 9.70. The van der Waals surface area contributed by atoms with Gasteiger partial charge >= 0.3 is 0 Å². The van der Waals surface area contributed by atoms with Crippen LogP contribution in [-0.2, 0) is 15.1 Å². The predicted molar refractivity (Wildman–Crippen MR) is 145 cm³/mol. The number of piperidine rings is 1. The second-order valence-corrected chi connectivity index (χ2v) is 11.2. The first-order valence-electron chi connectivity index (χ1n) is 14.6. The first-order valence-corrected chi connectivity index (χ1v) is 14.6. The Morgan fingerprint density at radius 3 is 2.65 bits per heavy atom. The van der Waals surface area contributed by atoms with Crippen molar-refractivity contribution in [3.05, 3.63) is 35.4 Å². The molecule has 1 amide bonds. The average molecular weight is 522 g/mol. The summed E-state index contributed by atoms with van der Waals surface area (Å²) in [5, 5.41) is 6.67. The number of hydrogen-bond acceptors (Lipinski definition) is 4. The number of likely N-dealkylation sites (N-methyl/N-ethyl adjacent to an activating group) is 1. The van der Waals surface area contributed by atoms with E-state index in [4.69, 9.17) is 4.74 Å². The average Bonchev–Trinajstić information content (AvgIpc) is 2.92. The highest BCUT2D eigenvalue weighted by Crippen LogP contribution is 2.42. The van der Waals surface area contributed by atoms with Crippen molar-refractivity contribution in [2.75, 3.05) is 40.4 Å². The minimum absolute atomic E-state index is 0.0127. The van der Waals surface area contributed by atoms with E-state index in [-0.39, 0.29) is 17.4 Å². The fourth-order valence-corrected chi connectivity index (χ4v) is 6.77. The van der Waals surface area contributed by atoms with E-state index in [0.29, 0.717) is 25.5 Å². The molecule has 1 aromatic rings. The summed E-state index contributed by atoms with van der Waals surface area (Å²) in [6.07, 6.45) is 12.1. The summed E-state index contributed by atoms with van der Waals surface area (Å²) >= 11 is 0. The Morgan fingerprint density at radius 2 is 1.95 bits per heavy atom. The first kappa shape index (κ1) is 30.0. The molecule has 2 fully saturated rings. The van der Waals surface area contributed by atoms with Gasteiger partial charge in [0.25, 0.3) is 0 Å². The van der Waals surface area contributed by atoms with Crippen LogP contribution in [0.3, 0.4) is 0 Å². The van der Waals surface area contributed by atoms with Crippen LogP contribution >= 0.6 is 0 Å². The van der Waals surface area contributed by atoms with Crippen molar-refractivity contribution in [1.82, 2.24) is 15.5 Å². The number of methoxy groups -OCH3 is 1. The number of halogens is 2. The zero-order valence-corrected chi connectivity index (χ0v) is 23.3. The minimum atomic E-state index is -0.958. The molecule has 2 N–H and O–H groups in total. The van der Waals surface area contributed by atoms with Crippen molar-refractivity contribution >= 4 is 5.91 Å². The van der Waals surface area contributed by atoms with Crippen LogP contribution in [-0.4, -0.2) is 57.2 Å². The van der Waals surface area contributed by atoms with Crippen LogP contribution in [0.2, 0.25) is 0 Å². The largest absolute Gasteiger partial charge is 0.385 e. The number of carbonyl (C=O) groups is 1. The fraction of sp³-hybridized carbons (Fsp3) is 0.767. The Kier molecular flexibility index (Phi) is 12.3. The van der Waals surface area contributed by atoms with Gasteiger partial charge in [-0.05, 0) is 70.0 Å². The number of carbonyl (C=O) groups excluding carboxylic acids is 1. The summed E-state index contributed by atoms with van der Waals surface area (Å²) in [5.41, 5.74) is -0.670. The summed E-state index contributed by atoms with van der Waals surface area (Å²) in [5.74, 6) is -1.08. The van der Waals surface area contributed by atoms with Gasteiger partial charge in [-0.1, -0.05) is 51.2 Å². The molecular formula is C30H49F2N3O2. The van der Waals surface area contributed by atoms with E-state index in [2.05, 4.69) is 15.5 Å². The molecule has 2 aliphatic rings. The maximum Gasteiger partial charge on any atom is 0.220 e. The summed E-state index contributed by atoms with van der Waals surface area (Å²) in [4.78, 5) is 15.5. The number of amides is 1. The summed E-state index contributed by atoms with van der Waals surface area (Å²) in [6.45, 7) is 5.10. The third kappa shape index (κ3) is 7.96. The van der Waals surface area contributed by atoms with Crippen LogP contribution in [0.4, 0.5) is 8.78 Å². The molecule has 5 nitrogen and oxygen atoms in total. The molecule has 7 heteroatoms. The SMILES string of the molecule is CCC(=O)N[C@](CCCCOC)(c1cccc(F)c1F)C1CCCN(C(CNC)CC2CCCCC2)C1. The van der Waals surface area contributed by atoms with Crippen LogP contribution in [0.15, 0.2) is 18.2 Å².